The Labute approximate surface area is 217 Å². The van der Waals surface area contributed by atoms with Crippen molar-refractivity contribution in [3.63, 3.8) is 0 Å². The van der Waals surface area contributed by atoms with Crippen LogP contribution in [0.2, 0.25) is 0 Å². The number of benzene rings is 3. The van der Waals surface area contributed by atoms with Crippen LogP contribution in [0.5, 0.6) is 5.75 Å². The maximum atomic E-state index is 12.6. The standard InChI is InChI=1S/C27H30N4O5S/c1-20-3-7-23(8-4-20)29-37(34,35)25-13-11-24(12-14-25)36-19-26(32)28-22-9-5-21(6-10-22)27(33)31-17-15-30(2)16-18-31/h3-14,29H,15-19H2,1-2H3,(H,28,32). The number of hydrogen-bond acceptors (Lipinski definition) is 6. The first-order valence-corrected chi connectivity index (χ1v) is 13.4. The van der Waals surface area contributed by atoms with Crippen LogP contribution in [0.4, 0.5) is 11.4 Å². The zero-order chi connectivity index (χ0) is 26.4. The largest absolute Gasteiger partial charge is 0.484 e. The van der Waals surface area contributed by atoms with E-state index in [2.05, 4.69) is 14.9 Å². The normalized spacial score (nSPS) is 14.2. The molecule has 1 aliphatic heterocycles. The molecule has 194 valence electrons. The summed E-state index contributed by atoms with van der Waals surface area (Å²) in [5.74, 6) is -0.0396. The molecule has 3 aromatic rings. The topological polar surface area (TPSA) is 108 Å². The van der Waals surface area contributed by atoms with Crippen molar-refractivity contribution in [1.82, 2.24) is 9.80 Å². The number of carbonyl (C=O) groups is 2. The number of aryl methyl sites for hydroxylation is 1. The highest BCUT2D eigenvalue weighted by atomic mass is 32.2. The number of hydrogen-bond donors (Lipinski definition) is 2. The van der Waals surface area contributed by atoms with Crippen LogP contribution in [-0.2, 0) is 14.8 Å². The molecule has 4 rings (SSSR count). The van der Waals surface area contributed by atoms with Crippen molar-refractivity contribution in [2.24, 2.45) is 0 Å². The maximum Gasteiger partial charge on any atom is 0.262 e. The highest BCUT2D eigenvalue weighted by Gasteiger charge is 2.20. The number of likely N-dealkylation sites (N-methyl/N-ethyl adjacent to an activating group) is 1. The molecular weight excluding hydrogens is 492 g/mol. The molecule has 1 aliphatic rings. The molecule has 10 heteroatoms. The van der Waals surface area contributed by atoms with Gasteiger partial charge in [-0.05, 0) is 74.6 Å². The lowest BCUT2D eigenvalue weighted by Crippen LogP contribution is -2.47. The minimum absolute atomic E-state index is 0.0196. The fourth-order valence-electron chi connectivity index (χ4n) is 3.78. The van der Waals surface area contributed by atoms with Crippen LogP contribution in [0, 0.1) is 6.92 Å². The molecule has 0 bridgehead atoms. The second kappa shape index (κ2) is 11.4. The smallest absolute Gasteiger partial charge is 0.262 e. The Balaban J connectivity index is 1.26. The van der Waals surface area contributed by atoms with E-state index in [0.29, 0.717) is 35.8 Å². The van der Waals surface area contributed by atoms with E-state index in [1.165, 1.54) is 24.3 Å². The third kappa shape index (κ3) is 7.08. The van der Waals surface area contributed by atoms with Crippen molar-refractivity contribution in [3.05, 3.63) is 83.9 Å². The quantitative estimate of drug-likeness (QED) is 0.471. The molecule has 2 N–H and O–H groups in total. The van der Waals surface area contributed by atoms with E-state index in [9.17, 15) is 18.0 Å². The predicted molar refractivity (Wildman–Crippen MR) is 142 cm³/mol. The second-order valence-electron chi connectivity index (χ2n) is 8.95. The summed E-state index contributed by atoms with van der Waals surface area (Å²) in [5, 5.41) is 2.73. The SMILES string of the molecule is Cc1ccc(NS(=O)(=O)c2ccc(OCC(=O)Nc3ccc(C(=O)N4CCN(C)CC4)cc3)cc2)cc1. The summed E-state index contributed by atoms with van der Waals surface area (Å²) in [7, 11) is -1.71. The van der Waals surface area contributed by atoms with E-state index in [1.54, 1.807) is 36.4 Å². The number of ether oxygens (including phenoxy) is 1. The second-order valence-corrected chi connectivity index (χ2v) is 10.6. The monoisotopic (exact) mass is 522 g/mol. The summed E-state index contributed by atoms with van der Waals surface area (Å²) < 4.78 is 33.2. The molecule has 0 atom stereocenters. The number of anilines is 2. The number of carbonyl (C=O) groups excluding carboxylic acids is 2. The summed E-state index contributed by atoms with van der Waals surface area (Å²) in [4.78, 5) is 29.1. The lowest BCUT2D eigenvalue weighted by molar-refractivity contribution is -0.118. The summed E-state index contributed by atoms with van der Waals surface area (Å²) in [6.45, 7) is 4.76. The number of sulfonamides is 1. The van der Waals surface area contributed by atoms with Crippen LogP contribution in [-0.4, -0.2) is 69.9 Å². The highest BCUT2D eigenvalue weighted by molar-refractivity contribution is 7.92. The fraction of sp³-hybridized carbons (Fsp3) is 0.259. The third-order valence-corrected chi connectivity index (χ3v) is 7.41. The van der Waals surface area contributed by atoms with Gasteiger partial charge in [0.05, 0.1) is 4.90 Å². The summed E-state index contributed by atoms with van der Waals surface area (Å²) >= 11 is 0. The van der Waals surface area contributed by atoms with Crippen LogP contribution in [0.25, 0.3) is 0 Å². The van der Waals surface area contributed by atoms with Crippen LogP contribution < -0.4 is 14.8 Å². The van der Waals surface area contributed by atoms with Gasteiger partial charge in [-0.15, -0.1) is 0 Å². The minimum Gasteiger partial charge on any atom is -0.484 e. The Morgan fingerprint density at radius 3 is 2.05 bits per heavy atom. The zero-order valence-corrected chi connectivity index (χ0v) is 21.6. The van der Waals surface area contributed by atoms with E-state index < -0.39 is 10.0 Å². The Morgan fingerprint density at radius 1 is 0.838 bits per heavy atom. The van der Waals surface area contributed by atoms with E-state index in [0.717, 1.165) is 18.7 Å². The van der Waals surface area contributed by atoms with Crippen molar-refractivity contribution in [2.75, 3.05) is 49.9 Å². The molecule has 2 amide bonds. The molecule has 0 radical (unpaired) electrons. The lowest BCUT2D eigenvalue weighted by atomic mass is 10.1. The lowest BCUT2D eigenvalue weighted by Gasteiger charge is -2.32. The zero-order valence-electron chi connectivity index (χ0n) is 20.8. The molecular formula is C27H30N4O5S. The molecule has 0 aromatic heterocycles. The average molecular weight is 523 g/mol. The molecule has 37 heavy (non-hydrogen) atoms. The molecule has 9 nitrogen and oxygen atoms in total. The van der Waals surface area contributed by atoms with Gasteiger partial charge in [-0.2, -0.15) is 0 Å². The van der Waals surface area contributed by atoms with E-state index in [-0.39, 0.29) is 23.3 Å². The van der Waals surface area contributed by atoms with E-state index >= 15 is 0 Å². The number of amides is 2. The summed E-state index contributed by atoms with van der Waals surface area (Å²) in [5.41, 5.74) is 2.62. The van der Waals surface area contributed by atoms with Crippen LogP contribution in [0.15, 0.2) is 77.7 Å². The van der Waals surface area contributed by atoms with Gasteiger partial charge < -0.3 is 19.9 Å². The van der Waals surface area contributed by atoms with Gasteiger partial charge >= 0.3 is 0 Å². The van der Waals surface area contributed by atoms with Gasteiger partial charge in [-0.25, -0.2) is 8.42 Å². The summed E-state index contributed by atoms with van der Waals surface area (Å²) in [6, 6.07) is 19.6. The fourth-order valence-corrected chi connectivity index (χ4v) is 4.84. The third-order valence-electron chi connectivity index (χ3n) is 6.01. The molecule has 1 fully saturated rings. The summed E-state index contributed by atoms with van der Waals surface area (Å²) in [6.07, 6.45) is 0. The molecule has 0 saturated carbocycles. The molecule has 0 aliphatic carbocycles. The number of piperazine rings is 1. The Morgan fingerprint density at radius 2 is 1.43 bits per heavy atom. The van der Waals surface area contributed by atoms with Gasteiger partial charge in [0.25, 0.3) is 21.8 Å². The maximum absolute atomic E-state index is 12.6. The van der Waals surface area contributed by atoms with Crippen molar-refractivity contribution >= 4 is 33.2 Å². The van der Waals surface area contributed by atoms with E-state index in [4.69, 9.17) is 4.74 Å². The first kappa shape index (κ1) is 26.2. The van der Waals surface area contributed by atoms with Gasteiger partial charge in [0.2, 0.25) is 0 Å². The molecule has 1 heterocycles. The molecule has 0 unspecified atom stereocenters. The van der Waals surface area contributed by atoms with Crippen LogP contribution in [0.1, 0.15) is 15.9 Å². The molecule has 1 saturated heterocycles. The van der Waals surface area contributed by atoms with Crippen molar-refractivity contribution in [3.8, 4) is 5.75 Å². The first-order chi connectivity index (χ1) is 17.7. The van der Waals surface area contributed by atoms with Crippen LogP contribution >= 0.6 is 0 Å². The Bertz CT molecular complexity index is 1330. The molecule has 0 spiro atoms. The van der Waals surface area contributed by atoms with Gasteiger partial charge in [0.15, 0.2) is 6.61 Å². The van der Waals surface area contributed by atoms with Crippen LogP contribution in [0.3, 0.4) is 0 Å². The minimum atomic E-state index is -3.75. The average Bonchev–Trinajstić information content (AvgIpc) is 2.89. The highest BCUT2D eigenvalue weighted by Crippen LogP contribution is 2.20. The van der Waals surface area contributed by atoms with Crippen molar-refractivity contribution in [2.45, 2.75) is 11.8 Å². The van der Waals surface area contributed by atoms with Gasteiger partial charge in [-0.3, -0.25) is 14.3 Å². The Kier molecular flexibility index (Phi) is 8.10. The molecule has 3 aromatic carbocycles. The number of rotatable bonds is 8. The van der Waals surface area contributed by atoms with Gasteiger partial charge in [0, 0.05) is 43.1 Å². The number of nitrogens with zero attached hydrogens (tertiary/aromatic N) is 2. The predicted octanol–water partition coefficient (Wildman–Crippen LogP) is 3.20. The number of nitrogens with one attached hydrogen (secondary N) is 2. The van der Waals surface area contributed by atoms with Crippen molar-refractivity contribution in [1.29, 1.82) is 0 Å². The Hall–Kier alpha value is -3.89. The first-order valence-electron chi connectivity index (χ1n) is 11.9. The van der Waals surface area contributed by atoms with E-state index in [1.807, 2.05) is 31.0 Å². The van der Waals surface area contributed by atoms with Gasteiger partial charge in [0.1, 0.15) is 5.75 Å². The van der Waals surface area contributed by atoms with Crippen molar-refractivity contribution < 1.29 is 22.7 Å². The van der Waals surface area contributed by atoms with Gasteiger partial charge in [-0.1, -0.05) is 17.7 Å².